The van der Waals surface area contributed by atoms with Gasteiger partial charge in [-0.15, -0.1) is 0 Å². The number of rotatable bonds is 4. The molecule has 2 aliphatic rings. The summed E-state index contributed by atoms with van der Waals surface area (Å²) < 4.78 is 5.12. The Morgan fingerprint density at radius 2 is 1.86 bits per heavy atom. The number of nitrogens with zero attached hydrogens (tertiary/aromatic N) is 1. The second-order valence-corrected chi connectivity index (χ2v) is 6.00. The zero-order valence-corrected chi connectivity index (χ0v) is 12.9. The molecule has 22 heavy (non-hydrogen) atoms. The van der Waals surface area contributed by atoms with Crippen molar-refractivity contribution in [3.63, 3.8) is 0 Å². The number of hydrogen-bond donors (Lipinski definition) is 1. The maximum absolute atomic E-state index is 12.6. The van der Waals surface area contributed by atoms with Gasteiger partial charge >= 0.3 is 0 Å². The third-order valence-corrected chi connectivity index (χ3v) is 4.74. The van der Waals surface area contributed by atoms with Crippen molar-refractivity contribution in [3.05, 3.63) is 29.8 Å². The van der Waals surface area contributed by atoms with Crippen molar-refractivity contribution >= 4 is 11.7 Å². The Bertz CT molecular complexity index is 548. The van der Waals surface area contributed by atoms with Crippen LogP contribution in [-0.2, 0) is 4.79 Å². The summed E-state index contributed by atoms with van der Waals surface area (Å²) in [7, 11) is 1.62. The van der Waals surface area contributed by atoms with Crippen LogP contribution in [0.5, 0.6) is 5.75 Å². The molecule has 0 saturated carbocycles. The summed E-state index contributed by atoms with van der Waals surface area (Å²) in [4.78, 5) is 26.5. The average molecular weight is 302 g/mol. The minimum Gasteiger partial charge on any atom is -0.497 e. The summed E-state index contributed by atoms with van der Waals surface area (Å²) in [5.74, 6) is 1.17. The van der Waals surface area contributed by atoms with Gasteiger partial charge in [0.15, 0.2) is 5.78 Å². The topological polar surface area (TPSA) is 58.6 Å². The average Bonchev–Trinajstić information content (AvgIpc) is 3.00. The van der Waals surface area contributed by atoms with E-state index in [0.29, 0.717) is 0 Å². The molecule has 2 saturated heterocycles. The number of carbonyl (C=O) groups is 2. The van der Waals surface area contributed by atoms with Crippen LogP contribution in [0, 0.1) is 5.92 Å². The third kappa shape index (κ3) is 2.99. The lowest BCUT2D eigenvalue weighted by atomic mass is 9.88. The van der Waals surface area contributed by atoms with E-state index in [1.165, 1.54) is 0 Å². The highest BCUT2D eigenvalue weighted by Gasteiger charge is 2.34. The number of likely N-dealkylation sites (tertiary alicyclic amines) is 1. The summed E-state index contributed by atoms with van der Waals surface area (Å²) in [5.41, 5.74) is 0.748. The number of hydrogen-bond acceptors (Lipinski definition) is 4. The van der Waals surface area contributed by atoms with Crippen LogP contribution in [-0.4, -0.2) is 49.4 Å². The van der Waals surface area contributed by atoms with Gasteiger partial charge in [-0.05, 0) is 56.6 Å². The number of benzene rings is 1. The van der Waals surface area contributed by atoms with E-state index in [9.17, 15) is 9.59 Å². The molecule has 5 nitrogen and oxygen atoms in total. The molecule has 2 fully saturated rings. The van der Waals surface area contributed by atoms with Crippen LogP contribution < -0.4 is 10.1 Å². The first-order valence-corrected chi connectivity index (χ1v) is 7.89. The van der Waals surface area contributed by atoms with Crippen LogP contribution in [0.4, 0.5) is 0 Å². The van der Waals surface area contributed by atoms with Gasteiger partial charge in [0.2, 0.25) is 5.91 Å². The van der Waals surface area contributed by atoms with E-state index in [4.69, 9.17) is 4.74 Å². The normalized spacial score (nSPS) is 23.3. The highest BCUT2D eigenvalue weighted by Crippen LogP contribution is 2.25. The van der Waals surface area contributed by atoms with E-state index in [2.05, 4.69) is 10.2 Å². The zero-order chi connectivity index (χ0) is 15.5. The first kappa shape index (κ1) is 15.0. The first-order valence-electron chi connectivity index (χ1n) is 7.89. The van der Waals surface area contributed by atoms with E-state index < -0.39 is 0 Å². The first-order chi connectivity index (χ1) is 10.7. The molecule has 1 aromatic rings. The fourth-order valence-electron chi connectivity index (χ4n) is 3.39. The molecule has 2 heterocycles. The summed E-state index contributed by atoms with van der Waals surface area (Å²) in [5, 5.41) is 2.88. The molecule has 0 unspecified atom stereocenters. The van der Waals surface area contributed by atoms with Crippen LogP contribution in [0.15, 0.2) is 24.3 Å². The van der Waals surface area contributed by atoms with E-state index in [1.807, 2.05) is 24.3 Å². The molecular formula is C17H22N2O3. The van der Waals surface area contributed by atoms with E-state index in [1.54, 1.807) is 7.11 Å². The molecule has 118 valence electrons. The van der Waals surface area contributed by atoms with Gasteiger partial charge in [-0.1, -0.05) is 0 Å². The number of piperidine rings is 1. The van der Waals surface area contributed by atoms with Crippen LogP contribution in [0.1, 0.15) is 29.6 Å². The van der Waals surface area contributed by atoms with Crippen molar-refractivity contribution < 1.29 is 14.3 Å². The molecule has 1 atom stereocenters. The van der Waals surface area contributed by atoms with Gasteiger partial charge in [0.1, 0.15) is 5.75 Å². The van der Waals surface area contributed by atoms with Gasteiger partial charge in [-0.25, -0.2) is 0 Å². The molecule has 3 rings (SSSR count). The van der Waals surface area contributed by atoms with Crippen molar-refractivity contribution in [2.24, 2.45) is 5.92 Å². The Labute approximate surface area is 130 Å². The van der Waals surface area contributed by atoms with Crippen molar-refractivity contribution in [2.75, 3.05) is 26.7 Å². The SMILES string of the molecule is COc1ccc(C(=O)C2CCN([C@H]3CCNC3=O)CC2)cc1. The lowest BCUT2D eigenvalue weighted by Crippen LogP contribution is -2.46. The standard InChI is InChI=1S/C17H22N2O3/c1-22-14-4-2-12(3-5-14)16(20)13-7-10-19(11-8-13)15-6-9-18-17(15)21/h2-5,13,15H,6-11H2,1H3,(H,18,21)/t15-/m0/s1. The Morgan fingerprint density at radius 3 is 2.41 bits per heavy atom. The number of carbonyl (C=O) groups excluding carboxylic acids is 2. The number of ether oxygens (including phenoxy) is 1. The van der Waals surface area contributed by atoms with Gasteiger partial charge < -0.3 is 10.1 Å². The number of nitrogens with one attached hydrogen (secondary N) is 1. The number of Topliss-reactive ketones (excluding diaryl/α,β-unsaturated/α-hetero) is 1. The van der Waals surface area contributed by atoms with Crippen molar-refractivity contribution in [3.8, 4) is 5.75 Å². The van der Waals surface area contributed by atoms with Gasteiger partial charge in [0, 0.05) is 18.0 Å². The highest BCUT2D eigenvalue weighted by molar-refractivity contribution is 5.98. The summed E-state index contributed by atoms with van der Waals surface area (Å²) >= 11 is 0. The summed E-state index contributed by atoms with van der Waals surface area (Å²) in [6.45, 7) is 2.42. The maximum atomic E-state index is 12.6. The van der Waals surface area contributed by atoms with Crippen molar-refractivity contribution in [1.29, 1.82) is 0 Å². The molecule has 5 heteroatoms. The monoisotopic (exact) mass is 302 g/mol. The van der Waals surface area contributed by atoms with Gasteiger partial charge in [0.25, 0.3) is 0 Å². The molecule has 2 aliphatic heterocycles. The molecule has 0 radical (unpaired) electrons. The van der Waals surface area contributed by atoms with Gasteiger partial charge in [0.05, 0.1) is 13.2 Å². The lowest BCUT2D eigenvalue weighted by Gasteiger charge is -2.34. The highest BCUT2D eigenvalue weighted by atomic mass is 16.5. The molecule has 0 spiro atoms. The fraction of sp³-hybridized carbons (Fsp3) is 0.529. The second kappa shape index (κ2) is 6.48. The van der Waals surface area contributed by atoms with Crippen LogP contribution in [0.3, 0.4) is 0 Å². The van der Waals surface area contributed by atoms with Gasteiger partial charge in [-0.2, -0.15) is 0 Å². The Hall–Kier alpha value is -1.88. The molecule has 1 N–H and O–H groups in total. The zero-order valence-electron chi connectivity index (χ0n) is 12.9. The van der Waals surface area contributed by atoms with E-state index in [0.717, 1.165) is 50.2 Å². The van der Waals surface area contributed by atoms with Crippen LogP contribution in [0.25, 0.3) is 0 Å². The number of ketones is 1. The molecular weight excluding hydrogens is 280 g/mol. The minimum absolute atomic E-state index is 0.0111. The van der Waals surface area contributed by atoms with E-state index in [-0.39, 0.29) is 23.7 Å². The summed E-state index contributed by atoms with van der Waals surface area (Å²) in [6.07, 6.45) is 2.54. The van der Waals surface area contributed by atoms with Crippen molar-refractivity contribution in [2.45, 2.75) is 25.3 Å². The molecule has 0 aliphatic carbocycles. The molecule has 0 bridgehead atoms. The third-order valence-electron chi connectivity index (χ3n) is 4.74. The van der Waals surface area contributed by atoms with E-state index >= 15 is 0 Å². The molecule has 1 amide bonds. The maximum Gasteiger partial charge on any atom is 0.237 e. The quantitative estimate of drug-likeness (QED) is 0.856. The molecule has 0 aromatic heterocycles. The smallest absolute Gasteiger partial charge is 0.237 e. The second-order valence-electron chi connectivity index (χ2n) is 6.00. The largest absolute Gasteiger partial charge is 0.497 e. The molecule has 1 aromatic carbocycles. The van der Waals surface area contributed by atoms with Crippen LogP contribution >= 0.6 is 0 Å². The van der Waals surface area contributed by atoms with Gasteiger partial charge in [-0.3, -0.25) is 14.5 Å². The Balaban J connectivity index is 1.58. The van der Waals surface area contributed by atoms with Crippen molar-refractivity contribution in [1.82, 2.24) is 10.2 Å². The Kier molecular flexibility index (Phi) is 4.43. The lowest BCUT2D eigenvalue weighted by molar-refractivity contribution is -0.124. The van der Waals surface area contributed by atoms with Crippen LogP contribution in [0.2, 0.25) is 0 Å². The minimum atomic E-state index is 0.0111. The number of amides is 1. The predicted molar refractivity (Wildman–Crippen MR) is 83.0 cm³/mol. The number of methoxy groups -OCH3 is 1. The predicted octanol–water partition coefficient (Wildman–Crippen LogP) is 1.48. The Morgan fingerprint density at radius 1 is 1.18 bits per heavy atom. The fourth-order valence-corrected chi connectivity index (χ4v) is 3.39. The summed E-state index contributed by atoms with van der Waals surface area (Å²) in [6, 6.07) is 7.32.